The second kappa shape index (κ2) is 8.87. The molecule has 31 heavy (non-hydrogen) atoms. The van der Waals surface area contributed by atoms with Gasteiger partial charge in [0.05, 0.1) is 11.4 Å². The first-order valence-corrected chi connectivity index (χ1v) is 10.8. The third-order valence-electron chi connectivity index (χ3n) is 4.74. The molecule has 0 radical (unpaired) electrons. The topological polar surface area (TPSA) is 88.6 Å². The van der Waals surface area contributed by atoms with E-state index in [0.29, 0.717) is 21.4 Å². The summed E-state index contributed by atoms with van der Waals surface area (Å²) in [5, 5.41) is 5.57. The van der Waals surface area contributed by atoms with Crippen molar-refractivity contribution in [1.82, 2.24) is 4.98 Å². The summed E-state index contributed by atoms with van der Waals surface area (Å²) in [6.45, 7) is 1.31. The number of carbonyl (C=O) groups is 3. The molecule has 7 nitrogen and oxygen atoms in total. The maximum atomic E-state index is 12.9. The van der Waals surface area contributed by atoms with Crippen molar-refractivity contribution in [2.24, 2.45) is 0 Å². The van der Waals surface area contributed by atoms with E-state index >= 15 is 0 Å². The van der Waals surface area contributed by atoms with Crippen molar-refractivity contribution < 1.29 is 19.1 Å². The number of fused-ring (bicyclic) bond motifs is 1. The molecule has 0 aliphatic carbocycles. The van der Waals surface area contributed by atoms with E-state index < -0.39 is 18.5 Å². The first-order chi connectivity index (χ1) is 14.9. The van der Waals surface area contributed by atoms with Crippen molar-refractivity contribution in [3.63, 3.8) is 0 Å². The Morgan fingerprint density at radius 3 is 2.87 bits per heavy atom. The van der Waals surface area contributed by atoms with E-state index in [4.69, 9.17) is 16.3 Å². The molecule has 1 aliphatic rings. The molecule has 1 aromatic heterocycles. The van der Waals surface area contributed by atoms with E-state index in [1.807, 2.05) is 6.07 Å². The summed E-state index contributed by atoms with van der Waals surface area (Å²) >= 11 is 7.29. The minimum atomic E-state index is -0.692. The van der Waals surface area contributed by atoms with Gasteiger partial charge in [-0.1, -0.05) is 35.9 Å². The van der Waals surface area contributed by atoms with Crippen LogP contribution in [-0.2, 0) is 14.3 Å². The summed E-state index contributed by atoms with van der Waals surface area (Å²) in [6.07, 6.45) is 0.142. The molecule has 2 aromatic carbocycles. The van der Waals surface area contributed by atoms with Crippen molar-refractivity contribution in [1.29, 1.82) is 0 Å². The zero-order valence-corrected chi connectivity index (χ0v) is 18.1. The Hall–Kier alpha value is -3.23. The van der Waals surface area contributed by atoms with Crippen molar-refractivity contribution in [2.75, 3.05) is 16.8 Å². The Morgan fingerprint density at radius 2 is 2.06 bits per heavy atom. The lowest BCUT2D eigenvalue weighted by atomic mass is 10.1. The van der Waals surface area contributed by atoms with E-state index in [2.05, 4.69) is 10.3 Å². The largest absolute Gasteiger partial charge is 0.451 e. The molecule has 0 spiro atoms. The van der Waals surface area contributed by atoms with Gasteiger partial charge in [-0.3, -0.25) is 9.59 Å². The van der Waals surface area contributed by atoms with Gasteiger partial charge in [-0.15, -0.1) is 11.3 Å². The van der Waals surface area contributed by atoms with Crippen LogP contribution in [0.5, 0.6) is 0 Å². The van der Waals surface area contributed by atoms with Crippen molar-refractivity contribution >= 4 is 52.1 Å². The van der Waals surface area contributed by atoms with Crippen molar-refractivity contribution in [3.8, 4) is 10.6 Å². The fourth-order valence-corrected chi connectivity index (χ4v) is 4.34. The Balaban J connectivity index is 1.46. The molecule has 3 aromatic rings. The van der Waals surface area contributed by atoms with Crippen LogP contribution in [0.15, 0.2) is 53.9 Å². The second-order valence-electron chi connectivity index (χ2n) is 7.01. The summed E-state index contributed by atoms with van der Waals surface area (Å²) in [4.78, 5) is 43.2. The van der Waals surface area contributed by atoms with Gasteiger partial charge in [-0.25, -0.2) is 9.78 Å². The van der Waals surface area contributed by atoms with Crippen LogP contribution in [0.25, 0.3) is 10.6 Å². The van der Waals surface area contributed by atoms with Gasteiger partial charge in [0.15, 0.2) is 12.3 Å². The normalized spacial score (nSPS) is 15.6. The number of para-hydroxylation sites is 2. The van der Waals surface area contributed by atoms with E-state index in [1.54, 1.807) is 54.8 Å². The number of hydrogen-bond acceptors (Lipinski definition) is 6. The highest BCUT2D eigenvalue weighted by molar-refractivity contribution is 7.13. The van der Waals surface area contributed by atoms with Crippen LogP contribution in [0, 0.1) is 0 Å². The molecule has 0 saturated carbocycles. The zero-order chi connectivity index (χ0) is 22.0. The summed E-state index contributed by atoms with van der Waals surface area (Å²) in [7, 11) is 0. The standard InChI is InChI=1S/C22H18ClN3O4S/c1-13-9-19(27)24-16-7-2-3-8-18(16)26(13)20(28)11-30-22(29)17-12-31-21(25-17)14-5-4-6-15(23)10-14/h2-8,10,12-13H,9,11H2,1H3,(H,24,27). The van der Waals surface area contributed by atoms with Crippen molar-refractivity contribution in [2.45, 2.75) is 19.4 Å². The lowest BCUT2D eigenvalue weighted by molar-refractivity contribution is -0.122. The smallest absolute Gasteiger partial charge is 0.358 e. The molecular weight excluding hydrogens is 438 g/mol. The number of nitrogens with zero attached hydrogens (tertiary/aromatic N) is 2. The van der Waals surface area contributed by atoms with Gasteiger partial charge in [0.1, 0.15) is 5.01 Å². The number of thiazole rings is 1. The van der Waals surface area contributed by atoms with E-state index in [0.717, 1.165) is 5.56 Å². The minimum Gasteiger partial charge on any atom is -0.451 e. The molecule has 158 valence electrons. The van der Waals surface area contributed by atoms with Gasteiger partial charge >= 0.3 is 5.97 Å². The third-order valence-corrected chi connectivity index (χ3v) is 5.87. The quantitative estimate of drug-likeness (QED) is 0.589. The molecule has 1 N–H and O–H groups in total. The lowest BCUT2D eigenvalue weighted by Crippen LogP contribution is -2.41. The summed E-state index contributed by atoms with van der Waals surface area (Å²) < 4.78 is 5.23. The average molecular weight is 456 g/mol. The molecular formula is C22H18ClN3O4S. The molecule has 1 aliphatic heterocycles. The van der Waals surface area contributed by atoms with Gasteiger partial charge in [-0.2, -0.15) is 0 Å². The van der Waals surface area contributed by atoms with Gasteiger partial charge < -0.3 is 15.0 Å². The van der Waals surface area contributed by atoms with Crippen LogP contribution >= 0.6 is 22.9 Å². The fraction of sp³-hybridized carbons (Fsp3) is 0.182. The molecule has 2 amide bonds. The summed E-state index contributed by atoms with van der Waals surface area (Å²) in [5.74, 6) is -1.29. The number of halogens is 1. The Kier molecular flexibility index (Phi) is 6.01. The number of esters is 1. The maximum absolute atomic E-state index is 12.9. The SMILES string of the molecule is CC1CC(=O)Nc2ccccc2N1C(=O)COC(=O)c1csc(-c2cccc(Cl)c2)n1. The van der Waals surface area contributed by atoms with E-state index in [1.165, 1.54) is 16.2 Å². The number of rotatable bonds is 4. The lowest BCUT2D eigenvalue weighted by Gasteiger charge is -2.27. The van der Waals surface area contributed by atoms with Crippen LogP contribution in [-0.4, -0.2) is 35.4 Å². The third kappa shape index (κ3) is 4.60. The molecule has 0 fully saturated rings. The molecule has 2 heterocycles. The number of hydrogen-bond donors (Lipinski definition) is 1. The number of benzene rings is 2. The first kappa shape index (κ1) is 21.0. The van der Waals surface area contributed by atoms with Crippen LogP contribution in [0.4, 0.5) is 11.4 Å². The Bertz CT molecular complexity index is 1160. The maximum Gasteiger partial charge on any atom is 0.358 e. The number of anilines is 2. The second-order valence-corrected chi connectivity index (χ2v) is 8.30. The number of carbonyl (C=O) groups excluding carboxylic acids is 3. The molecule has 0 bridgehead atoms. The monoisotopic (exact) mass is 455 g/mol. The summed E-state index contributed by atoms with van der Waals surface area (Å²) in [6, 6.07) is 13.8. The Morgan fingerprint density at radius 1 is 1.26 bits per heavy atom. The van der Waals surface area contributed by atoms with Crippen LogP contribution in [0.3, 0.4) is 0 Å². The molecule has 0 saturated heterocycles. The van der Waals surface area contributed by atoms with Gasteiger partial charge in [0, 0.05) is 28.4 Å². The van der Waals surface area contributed by atoms with Crippen LogP contribution in [0.1, 0.15) is 23.8 Å². The van der Waals surface area contributed by atoms with E-state index in [9.17, 15) is 14.4 Å². The van der Waals surface area contributed by atoms with Gasteiger partial charge in [0.2, 0.25) is 5.91 Å². The van der Waals surface area contributed by atoms with E-state index in [-0.39, 0.29) is 24.1 Å². The van der Waals surface area contributed by atoms with Crippen molar-refractivity contribution in [3.05, 3.63) is 64.6 Å². The molecule has 1 unspecified atom stereocenters. The number of nitrogens with one attached hydrogen (secondary N) is 1. The van der Waals surface area contributed by atoms with Gasteiger partial charge in [-0.05, 0) is 31.2 Å². The number of aromatic nitrogens is 1. The zero-order valence-electron chi connectivity index (χ0n) is 16.5. The predicted molar refractivity (Wildman–Crippen MR) is 119 cm³/mol. The fourth-order valence-electron chi connectivity index (χ4n) is 3.36. The first-order valence-electron chi connectivity index (χ1n) is 9.52. The average Bonchev–Trinajstić information content (AvgIpc) is 3.19. The highest BCUT2D eigenvalue weighted by atomic mass is 35.5. The highest BCUT2D eigenvalue weighted by Crippen LogP contribution is 2.31. The minimum absolute atomic E-state index is 0.119. The predicted octanol–water partition coefficient (Wildman–Crippen LogP) is 4.38. The Labute approximate surface area is 187 Å². The van der Waals surface area contributed by atoms with Crippen LogP contribution < -0.4 is 10.2 Å². The molecule has 9 heteroatoms. The summed E-state index contributed by atoms with van der Waals surface area (Å²) in [5.41, 5.74) is 2.02. The number of ether oxygens (including phenoxy) is 1. The highest BCUT2D eigenvalue weighted by Gasteiger charge is 2.30. The van der Waals surface area contributed by atoms with Crippen LogP contribution in [0.2, 0.25) is 5.02 Å². The van der Waals surface area contributed by atoms with Gasteiger partial charge in [0.25, 0.3) is 5.91 Å². The molecule has 4 rings (SSSR count). The number of amides is 2. The molecule has 1 atom stereocenters.